The first-order valence-electron chi connectivity index (χ1n) is 6.28. The highest BCUT2D eigenvalue weighted by atomic mass is 16.1. The van der Waals surface area contributed by atoms with Crippen molar-refractivity contribution in [2.75, 3.05) is 6.54 Å². The fraction of sp³-hybridized carbons (Fsp3) is 0.200. The van der Waals surface area contributed by atoms with Gasteiger partial charge in [-0.1, -0.05) is 0 Å². The first kappa shape index (κ1) is 13.7. The Kier molecular flexibility index (Phi) is 4.79. The van der Waals surface area contributed by atoms with Crippen LogP contribution in [0.4, 0.5) is 0 Å². The van der Waals surface area contributed by atoms with Crippen LogP contribution in [0, 0.1) is 11.3 Å². The molecule has 100 valence electrons. The van der Waals surface area contributed by atoms with Crippen LogP contribution in [0.2, 0.25) is 0 Å². The van der Waals surface area contributed by atoms with Gasteiger partial charge in [-0.25, -0.2) is 0 Å². The molecule has 0 saturated heterocycles. The number of carbonyl (C=O) groups excluding carboxylic acids is 1. The molecule has 0 aliphatic rings. The minimum Gasteiger partial charge on any atom is -0.352 e. The van der Waals surface area contributed by atoms with Gasteiger partial charge in [0.2, 0.25) is 0 Å². The normalized spacial score (nSPS) is 9.75. The average Bonchev–Trinajstić information content (AvgIpc) is 2.49. The number of carbonyl (C=O) groups is 1. The predicted molar refractivity (Wildman–Crippen MR) is 73.8 cm³/mol. The van der Waals surface area contributed by atoms with Gasteiger partial charge in [0.1, 0.15) is 0 Å². The Morgan fingerprint density at radius 2 is 2.05 bits per heavy atom. The van der Waals surface area contributed by atoms with E-state index in [0.29, 0.717) is 17.8 Å². The molecule has 0 atom stereocenters. The molecule has 0 spiro atoms. The van der Waals surface area contributed by atoms with E-state index in [1.807, 2.05) is 18.2 Å². The van der Waals surface area contributed by atoms with E-state index in [4.69, 9.17) is 5.26 Å². The van der Waals surface area contributed by atoms with Gasteiger partial charge in [0.05, 0.1) is 18.2 Å². The van der Waals surface area contributed by atoms with Crippen LogP contribution in [0.15, 0.2) is 42.9 Å². The second-order valence-electron chi connectivity index (χ2n) is 4.23. The summed E-state index contributed by atoms with van der Waals surface area (Å²) in [6.07, 6.45) is 5.97. The molecule has 0 saturated carbocycles. The van der Waals surface area contributed by atoms with E-state index in [2.05, 4.69) is 15.3 Å². The molecule has 5 heteroatoms. The minimum absolute atomic E-state index is 0.152. The van der Waals surface area contributed by atoms with Crippen molar-refractivity contribution in [2.45, 2.75) is 12.8 Å². The lowest BCUT2D eigenvalue weighted by molar-refractivity contribution is 0.0954. The molecule has 2 aromatic rings. The molecule has 0 aliphatic heterocycles. The first-order valence-corrected chi connectivity index (χ1v) is 6.28. The number of nitrogens with zero attached hydrogens (tertiary/aromatic N) is 3. The molecule has 2 aromatic heterocycles. The van der Waals surface area contributed by atoms with Gasteiger partial charge in [-0.05, 0) is 36.2 Å². The van der Waals surface area contributed by atoms with Crippen molar-refractivity contribution < 1.29 is 4.79 Å². The molecule has 0 fully saturated rings. The zero-order valence-corrected chi connectivity index (χ0v) is 10.9. The van der Waals surface area contributed by atoms with Crippen LogP contribution in [0.3, 0.4) is 0 Å². The molecule has 1 amide bonds. The maximum absolute atomic E-state index is 12.0. The van der Waals surface area contributed by atoms with Crippen molar-refractivity contribution in [1.29, 1.82) is 5.26 Å². The van der Waals surface area contributed by atoms with Crippen LogP contribution < -0.4 is 5.32 Å². The zero-order chi connectivity index (χ0) is 14.2. The van der Waals surface area contributed by atoms with Crippen molar-refractivity contribution in [3.8, 4) is 6.07 Å². The van der Waals surface area contributed by atoms with E-state index in [1.54, 1.807) is 30.7 Å². The smallest absolute Gasteiger partial charge is 0.251 e. The Morgan fingerprint density at radius 3 is 2.80 bits per heavy atom. The van der Waals surface area contributed by atoms with E-state index >= 15 is 0 Å². The Bertz CT molecular complexity index is 619. The van der Waals surface area contributed by atoms with Gasteiger partial charge < -0.3 is 5.32 Å². The van der Waals surface area contributed by atoms with Gasteiger partial charge in [0.15, 0.2) is 0 Å². The molecule has 1 N–H and O–H groups in total. The van der Waals surface area contributed by atoms with Gasteiger partial charge in [-0.15, -0.1) is 0 Å². The topological polar surface area (TPSA) is 78.7 Å². The molecule has 0 aromatic carbocycles. The Balaban J connectivity index is 1.89. The van der Waals surface area contributed by atoms with E-state index in [9.17, 15) is 4.79 Å². The molecule has 20 heavy (non-hydrogen) atoms. The van der Waals surface area contributed by atoms with Crippen LogP contribution in [0.5, 0.6) is 0 Å². The van der Waals surface area contributed by atoms with Crippen LogP contribution in [0.25, 0.3) is 0 Å². The largest absolute Gasteiger partial charge is 0.352 e. The molecule has 0 radical (unpaired) electrons. The first-order chi connectivity index (χ1) is 9.79. The number of pyridine rings is 2. The standard InChI is InChI=1S/C15H14N4O/c16-6-1-14-11-13(5-10-18-14)15(20)19-9-4-12-2-7-17-8-3-12/h2-3,5,7-8,10-11H,1,4,9H2,(H,19,20). The third kappa shape index (κ3) is 3.89. The second kappa shape index (κ2) is 7.00. The van der Waals surface area contributed by atoms with Crippen molar-refractivity contribution in [1.82, 2.24) is 15.3 Å². The van der Waals surface area contributed by atoms with Crippen molar-refractivity contribution in [2.24, 2.45) is 0 Å². The summed E-state index contributed by atoms with van der Waals surface area (Å²) in [5.41, 5.74) is 2.26. The molecule has 2 heterocycles. The number of rotatable bonds is 5. The summed E-state index contributed by atoms with van der Waals surface area (Å²) in [5.74, 6) is -0.152. The summed E-state index contributed by atoms with van der Waals surface area (Å²) < 4.78 is 0. The van der Waals surface area contributed by atoms with Gasteiger partial charge in [-0.3, -0.25) is 14.8 Å². The second-order valence-corrected chi connectivity index (χ2v) is 4.23. The van der Waals surface area contributed by atoms with Gasteiger partial charge in [0.25, 0.3) is 5.91 Å². The SMILES string of the molecule is N#CCc1cc(C(=O)NCCc2ccncc2)ccn1. The maximum atomic E-state index is 12.0. The molecule has 0 aliphatic carbocycles. The molecule has 2 rings (SSSR count). The number of hydrogen-bond donors (Lipinski definition) is 1. The summed E-state index contributed by atoms with van der Waals surface area (Å²) in [5, 5.41) is 11.5. The molecule has 5 nitrogen and oxygen atoms in total. The summed E-state index contributed by atoms with van der Waals surface area (Å²) in [4.78, 5) is 19.9. The number of amides is 1. The van der Waals surface area contributed by atoms with Crippen LogP contribution >= 0.6 is 0 Å². The Labute approximate surface area is 117 Å². The van der Waals surface area contributed by atoms with Gasteiger partial charge in [0, 0.05) is 30.7 Å². The van der Waals surface area contributed by atoms with E-state index in [0.717, 1.165) is 12.0 Å². The fourth-order valence-electron chi connectivity index (χ4n) is 1.77. The van der Waals surface area contributed by atoms with Crippen LogP contribution in [0.1, 0.15) is 21.6 Å². The number of hydrogen-bond acceptors (Lipinski definition) is 4. The van der Waals surface area contributed by atoms with E-state index in [-0.39, 0.29) is 12.3 Å². The van der Waals surface area contributed by atoms with Gasteiger partial charge in [-0.2, -0.15) is 5.26 Å². The number of aromatic nitrogens is 2. The van der Waals surface area contributed by atoms with E-state index < -0.39 is 0 Å². The van der Waals surface area contributed by atoms with Crippen LogP contribution in [-0.4, -0.2) is 22.4 Å². The average molecular weight is 266 g/mol. The number of nitrogens with one attached hydrogen (secondary N) is 1. The predicted octanol–water partition coefficient (Wildman–Crippen LogP) is 1.52. The lowest BCUT2D eigenvalue weighted by Gasteiger charge is -2.06. The van der Waals surface area contributed by atoms with Crippen molar-refractivity contribution in [3.63, 3.8) is 0 Å². The van der Waals surface area contributed by atoms with Crippen molar-refractivity contribution >= 4 is 5.91 Å². The molecular weight excluding hydrogens is 252 g/mol. The Morgan fingerprint density at radius 1 is 1.25 bits per heavy atom. The molecular formula is C15H14N4O. The molecule has 0 unspecified atom stereocenters. The third-order valence-corrected chi connectivity index (χ3v) is 2.79. The van der Waals surface area contributed by atoms with Crippen LogP contribution in [-0.2, 0) is 12.8 Å². The molecule has 0 bridgehead atoms. The van der Waals surface area contributed by atoms with Crippen molar-refractivity contribution in [3.05, 3.63) is 59.7 Å². The summed E-state index contributed by atoms with van der Waals surface area (Å²) >= 11 is 0. The summed E-state index contributed by atoms with van der Waals surface area (Å²) in [6.45, 7) is 0.554. The fourth-order valence-corrected chi connectivity index (χ4v) is 1.77. The Hall–Kier alpha value is -2.74. The third-order valence-electron chi connectivity index (χ3n) is 2.79. The van der Waals surface area contributed by atoms with Gasteiger partial charge >= 0.3 is 0 Å². The highest BCUT2D eigenvalue weighted by molar-refractivity contribution is 5.94. The monoisotopic (exact) mass is 266 g/mol. The summed E-state index contributed by atoms with van der Waals surface area (Å²) in [6, 6.07) is 9.14. The highest BCUT2D eigenvalue weighted by Crippen LogP contribution is 2.03. The highest BCUT2D eigenvalue weighted by Gasteiger charge is 2.06. The lowest BCUT2D eigenvalue weighted by Crippen LogP contribution is -2.25. The van der Waals surface area contributed by atoms with E-state index in [1.165, 1.54) is 0 Å². The lowest BCUT2D eigenvalue weighted by atomic mass is 10.1. The quantitative estimate of drug-likeness (QED) is 0.889. The summed E-state index contributed by atoms with van der Waals surface area (Å²) in [7, 11) is 0. The number of nitriles is 1. The zero-order valence-electron chi connectivity index (χ0n) is 10.9. The minimum atomic E-state index is -0.152. The maximum Gasteiger partial charge on any atom is 0.251 e.